The van der Waals surface area contributed by atoms with Crippen molar-refractivity contribution in [2.24, 2.45) is 5.16 Å². The number of nitrogens with zero attached hydrogens (tertiary/aromatic N) is 2. The van der Waals surface area contributed by atoms with Gasteiger partial charge in [0.15, 0.2) is 5.82 Å². The molecule has 0 aliphatic carbocycles. The lowest BCUT2D eigenvalue weighted by molar-refractivity contribution is 0.319. The molecule has 0 radical (unpaired) electrons. The van der Waals surface area contributed by atoms with Gasteiger partial charge in [-0.3, -0.25) is 0 Å². The van der Waals surface area contributed by atoms with E-state index in [1.54, 1.807) is 0 Å². The highest BCUT2D eigenvalue weighted by Gasteiger charge is 2.19. The Morgan fingerprint density at radius 1 is 0.840 bits per heavy atom. The van der Waals surface area contributed by atoms with Gasteiger partial charge < -0.3 is 4.84 Å². The summed E-state index contributed by atoms with van der Waals surface area (Å²) < 4.78 is 27.3. The molecule has 0 bridgehead atoms. The average molecular weight is 379 g/mol. The van der Waals surface area contributed by atoms with E-state index in [4.69, 9.17) is 28.0 Å². The second-order valence-electron chi connectivity index (χ2n) is 4.91. The molecule has 0 saturated heterocycles. The monoisotopic (exact) mass is 378 g/mol. The molecule has 0 unspecified atom stereocenters. The first-order valence-electron chi connectivity index (χ1n) is 7.13. The van der Waals surface area contributed by atoms with Gasteiger partial charge in [0.05, 0.1) is 0 Å². The molecule has 0 fully saturated rings. The van der Waals surface area contributed by atoms with Gasteiger partial charge in [0.2, 0.25) is 5.95 Å². The van der Waals surface area contributed by atoms with Crippen LogP contribution >= 0.6 is 23.2 Å². The van der Waals surface area contributed by atoms with Gasteiger partial charge in [-0.25, -0.2) is 4.39 Å². The molecule has 0 aliphatic heterocycles. The number of halogens is 4. The summed E-state index contributed by atoms with van der Waals surface area (Å²) >= 11 is 11.2. The number of benzene rings is 2. The third-order valence-electron chi connectivity index (χ3n) is 3.27. The highest BCUT2D eigenvalue weighted by molar-refractivity contribution is 6.35. The third-order valence-corrected chi connectivity index (χ3v) is 3.92. The van der Waals surface area contributed by atoms with Gasteiger partial charge in [-0.15, -0.1) is 0 Å². The van der Waals surface area contributed by atoms with Crippen molar-refractivity contribution >= 4 is 28.9 Å². The number of rotatable bonds is 4. The van der Waals surface area contributed by atoms with E-state index in [0.717, 1.165) is 11.1 Å². The first kappa shape index (κ1) is 17.3. The minimum absolute atomic E-state index is 0.454. The first-order chi connectivity index (χ1) is 12.1. The fourth-order valence-corrected chi connectivity index (χ4v) is 2.44. The van der Waals surface area contributed by atoms with E-state index in [1.165, 1.54) is 0 Å². The van der Waals surface area contributed by atoms with E-state index in [0.29, 0.717) is 5.71 Å². The molecular weight excluding hydrogens is 369 g/mol. The SMILES string of the molecule is Fc1nc(ON=C(c2ccccc2)c2ccccc2)c(Cl)c(F)c1Cl. The molecule has 0 saturated carbocycles. The molecule has 7 heteroatoms. The van der Waals surface area contributed by atoms with Gasteiger partial charge in [0, 0.05) is 11.1 Å². The quantitative estimate of drug-likeness (QED) is 0.341. The number of oxime groups is 1. The zero-order valence-electron chi connectivity index (χ0n) is 12.6. The molecule has 3 aromatic rings. The average Bonchev–Trinajstić information content (AvgIpc) is 2.66. The van der Waals surface area contributed by atoms with Crippen LogP contribution in [-0.2, 0) is 0 Å². The normalized spacial score (nSPS) is 10.4. The lowest BCUT2D eigenvalue weighted by Gasteiger charge is -2.08. The summed E-state index contributed by atoms with van der Waals surface area (Å²) in [6.45, 7) is 0. The maximum absolute atomic E-state index is 13.8. The van der Waals surface area contributed by atoms with Crippen molar-refractivity contribution in [2.75, 3.05) is 0 Å². The van der Waals surface area contributed by atoms with Gasteiger partial charge in [0.1, 0.15) is 15.8 Å². The fraction of sp³-hybridized carbons (Fsp3) is 0. The molecule has 1 aromatic heterocycles. The van der Waals surface area contributed by atoms with Crippen LogP contribution in [0, 0.1) is 11.8 Å². The summed E-state index contributed by atoms with van der Waals surface area (Å²) in [5.74, 6) is -2.89. The molecule has 25 heavy (non-hydrogen) atoms. The summed E-state index contributed by atoms with van der Waals surface area (Å²) in [6.07, 6.45) is 0. The summed E-state index contributed by atoms with van der Waals surface area (Å²) in [6, 6.07) is 18.4. The molecule has 0 spiro atoms. The zero-order chi connectivity index (χ0) is 17.8. The Balaban J connectivity index is 2.04. The van der Waals surface area contributed by atoms with Gasteiger partial charge in [-0.1, -0.05) is 89.0 Å². The minimum atomic E-state index is -1.23. The van der Waals surface area contributed by atoms with Crippen LogP contribution < -0.4 is 4.84 Å². The van der Waals surface area contributed by atoms with E-state index in [9.17, 15) is 8.78 Å². The van der Waals surface area contributed by atoms with Crippen molar-refractivity contribution in [3.05, 3.63) is 93.6 Å². The van der Waals surface area contributed by atoms with Crippen molar-refractivity contribution in [3.8, 4) is 5.88 Å². The van der Waals surface area contributed by atoms with Crippen LogP contribution in [0.2, 0.25) is 10.0 Å². The van der Waals surface area contributed by atoms with Gasteiger partial charge in [-0.2, -0.15) is 9.37 Å². The van der Waals surface area contributed by atoms with Crippen LogP contribution in [0.4, 0.5) is 8.78 Å². The summed E-state index contributed by atoms with van der Waals surface area (Å²) in [5.41, 5.74) is 1.95. The van der Waals surface area contributed by atoms with Crippen molar-refractivity contribution in [1.82, 2.24) is 4.98 Å². The number of hydrogen-bond acceptors (Lipinski definition) is 3. The van der Waals surface area contributed by atoms with Gasteiger partial charge in [0.25, 0.3) is 5.88 Å². The molecule has 0 N–H and O–H groups in total. The molecule has 3 nitrogen and oxygen atoms in total. The van der Waals surface area contributed by atoms with E-state index >= 15 is 0 Å². The van der Waals surface area contributed by atoms with E-state index in [-0.39, 0.29) is 0 Å². The molecule has 2 aromatic carbocycles. The van der Waals surface area contributed by atoms with E-state index in [2.05, 4.69) is 10.1 Å². The number of pyridine rings is 1. The fourth-order valence-electron chi connectivity index (χ4n) is 2.08. The third kappa shape index (κ3) is 3.78. The van der Waals surface area contributed by atoms with Gasteiger partial charge in [-0.05, 0) is 0 Å². The molecule has 126 valence electrons. The molecule has 1 heterocycles. The number of hydrogen-bond donors (Lipinski definition) is 0. The molecule has 0 aliphatic rings. The highest BCUT2D eigenvalue weighted by atomic mass is 35.5. The largest absolute Gasteiger partial charge is 0.334 e. The van der Waals surface area contributed by atoms with Crippen molar-refractivity contribution < 1.29 is 13.6 Å². The minimum Gasteiger partial charge on any atom is -0.334 e. The van der Waals surface area contributed by atoms with Gasteiger partial charge >= 0.3 is 0 Å². The summed E-state index contributed by atoms with van der Waals surface area (Å²) in [7, 11) is 0. The molecule has 0 atom stereocenters. The van der Waals surface area contributed by atoms with Crippen molar-refractivity contribution in [1.29, 1.82) is 0 Å². The Labute approximate surface area is 152 Å². The Kier molecular flexibility index (Phi) is 5.26. The van der Waals surface area contributed by atoms with Crippen LogP contribution in [-0.4, -0.2) is 10.7 Å². The maximum atomic E-state index is 13.8. The Morgan fingerprint density at radius 3 is 1.88 bits per heavy atom. The lowest BCUT2D eigenvalue weighted by Crippen LogP contribution is -2.06. The zero-order valence-corrected chi connectivity index (χ0v) is 14.1. The molecular formula is C18H10Cl2F2N2O. The van der Waals surface area contributed by atoms with Crippen LogP contribution in [0.25, 0.3) is 0 Å². The Morgan fingerprint density at radius 2 is 1.36 bits per heavy atom. The summed E-state index contributed by atoms with van der Waals surface area (Å²) in [5, 5.41) is 2.66. The Hall–Kier alpha value is -2.50. The highest BCUT2D eigenvalue weighted by Crippen LogP contribution is 2.31. The van der Waals surface area contributed by atoms with Crippen LogP contribution in [0.5, 0.6) is 5.88 Å². The Bertz CT molecular complexity index is 878. The van der Waals surface area contributed by atoms with Crippen LogP contribution in [0.3, 0.4) is 0 Å². The standard InChI is InChI=1S/C18H10Cl2F2N2O/c19-13-15(21)14(20)18(23-17(13)22)25-24-16(11-7-3-1-4-8-11)12-9-5-2-6-10-12/h1-10H. The lowest BCUT2D eigenvalue weighted by atomic mass is 10.0. The van der Waals surface area contributed by atoms with Crippen molar-refractivity contribution in [2.45, 2.75) is 0 Å². The summed E-state index contributed by atoms with van der Waals surface area (Å²) in [4.78, 5) is 8.52. The van der Waals surface area contributed by atoms with Crippen LogP contribution in [0.15, 0.2) is 65.8 Å². The molecule has 3 rings (SSSR count). The van der Waals surface area contributed by atoms with Crippen LogP contribution in [0.1, 0.15) is 11.1 Å². The first-order valence-corrected chi connectivity index (χ1v) is 7.89. The molecule has 0 amide bonds. The van der Waals surface area contributed by atoms with E-state index < -0.39 is 27.7 Å². The second kappa shape index (κ2) is 7.59. The smallest absolute Gasteiger partial charge is 0.273 e. The predicted molar refractivity (Wildman–Crippen MR) is 93.3 cm³/mol. The predicted octanol–water partition coefficient (Wildman–Crippen LogP) is 5.50. The van der Waals surface area contributed by atoms with Crippen molar-refractivity contribution in [3.63, 3.8) is 0 Å². The number of aromatic nitrogens is 1. The van der Waals surface area contributed by atoms with E-state index in [1.807, 2.05) is 60.7 Å². The second-order valence-corrected chi connectivity index (χ2v) is 5.67. The topological polar surface area (TPSA) is 34.5 Å². The maximum Gasteiger partial charge on any atom is 0.273 e.